The van der Waals surface area contributed by atoms with Gasteiger partial charge in [-0.15, -0.1) is 0 Å². The molecule has 3 aromatic carbocycles. The van der Waals surface area contributed by atoms with E-state index in [1.54, 1.807) is 3.58 Å². The van der Waals surface area contributed by atoms with Crippen molar-refractivity contribution in [2.75, 3.05) is 0 Å². The minimum absolute atomic E-state index is 0.222. The van der Waals surface area contributed by atoms with Gasteiger partial charge in [0.1, 0.15) is 0 Å². The normalized spacial score (nSPS) is 10.3. The van der Waals surface area contributed by atoms with Gasteiger partial charge in [0.25, 0.3) is 0 Å². The Bertz CT molecular complexity index is 758. The maximum Gasteiger partial charge on any atom is -0.172 e. The molecule has 0 saturated carbocycles. The Balaban J connectivity index is 0.000000298. The summed E-state index contributed by atoms with van der Waals surface area (Å²) < 4.78 is 3.04. The van der Waals surface area contributed by atoms with Crippen LogP contribution in [0, 0.1) is 0 Å². The second-order valence-corrected chi connectivity index (χ2v) is 13.9. The first-order valence-electron chi connectivity index (χ1n) is 8.63. The van der Waals surface area contributed by atoms with Crippen LogP contribution in [0.15, 0.2) is 91.0 Å². The van der Waals surface area contributed by atoms with E-state index in [0.717, 1.165) is 0 Å². The van der Waals surface area contributed by atoms with E-state index in [9.17, 15) is 0 Å². The smallest absolute Gasteiger partial charge is 0.172 e. The van der Waals surface area contributed by atoms with E-state index in [2.05, 4.69) is 72.5 Å². The van der Waals surface area contributed by atoms with Crippen molar-refractivity contribution in [3.63, 3.8) is 0 Å². The molecule has 1 atom stereocenters. The SMILES string of the molecule is CC([CH2][Sn]([CH3])[c]1ccccc1)c1ccccc1.O=[C]=[Fe]=[C]=O.c1cc[cH-]c1. The van der Waals surface area contributed by atoms with E-state index in [4.69, 9.17) is 9.59 Å². The number of rotatable bonds is 4. The van der Waals surface area contributed by atoms with E-state index in [-0.39, 0.29) is 14.1 Å². The van der Waals surface area contributed by atoms with Gasteiger partial charge >= 0.3 is 145 Å². The van der Waals surface area contributed by atoms with Crippen molar-refractivity contribution in [1.29, 1.82) is 0 Å². The second-order valence-electron chi connectivity index (χ2n) is 5.86. The summed E-state index contributed by atoms with van der Waals surface area (Å²) in [7, 11) is 0. The first-order chi connectivity index (χ1) is 13.2. The molecule has 0 aliphatic carbocycles. The van der Waals surface area contributed by atoms with Crippen LogP contribution in [0.25, 0.3) is 0 Å². The monoisotopic (exact) mass is 508 g/mol. The molecule has 27 heavy (non-hydrogen) atoms. The largest absolute Gasteiger partial charge is 0.214 e. The van der Waals surface area contributed by atoms with Crippen LogP contribution >= 0.6 is 0 Å². The molecule has 141 valence electrons. The second kappa shape index (κ2) is 15.3. The molecule has 0 fully saturated rings. The van der Waals surface area contributed by atoms with Gasteiger partial charge in [0, 0.05) is 0 Å². The molecule has 0 amide bonds. The van der Waals surface area contributed by atoms with Gasteiger partial charge in [0.2, 0.25) is 0 Å². The van der Waals surface area contributed by atoms with Gasteiger partial charge in [-0.25, -0.2) is 12.1 Å². The zero-order chi connectivity index (χ0) is 19.7. The molecular formula is C23H24FeO2Sn-. The standard InChI is InChI=1S/C9H11.C6H5.C5H5.2CO.CH3.Fe.Sn/c1-8(2)9-6-4-3-5-7-9;1-2-4-6-5-3-1;1-2-4-5-3-1;2*1-2;;;/h3-8H,1H2,2H3;1-5H;1-5H;;;1H3;;/q;;-1;;;;;. The summed E-state index contributed by atoms with van der Waals surface area (Å²) in [5.41, 5.74) is 1.49. The van der Waals surface area contributed by atoms with Crippen molar-refractivity contribution in [3.05, 3.63) is 96.6 Å². The van der Waals surface area contributed by atoms with Gasteiger partial charge in [-0.3, -0.25) is 0 Å². The fraction of sp³-hybridized carbons (Fsp3) is 0.174. The van der Waals surface area contributed by atoms with Gasteiger partial charge in [0.15, 0.2) is 0 Å². The van der Waals surface area contributed by atoms with Gasteiger partial charge in [0.05, 0.1) is 0 Å². The molecule has 1 radical (unpaired) electrons. The molecule has 0 spiro atoms. The molecule has 3 rings (SSSR count). The molecule has 0 N–H and O–H groups in total. The van der Waals surface area contributed by atoms with Crippen LogP contribution in [0.2, 0.25) is 9.38 Å². The Kier molecular flexibility index (Phi) is 13.2. The van der Waals surface area contributed by atoms with Gasteiger partial charge in [-0.1, -0.05) is 0 Å². The minimum Gasteiger partial charge on any atom is -0.214 e. The van der Waals surface area contributed by atoms with Crippen LogP contribution in [-0.2, 0) is 23.7 Å². The first-order valence-corrected chi connectivity index (χ1v) is 16.0. The third-order valence-corrected chi connectivity index (χ3v) is 11.4. The van der Waals surface area contributed by atoms with E-state index in [0.29, 0.717) is 5.92 Å². The van der Waals surface area contributed by atoms with Gasteiger partial charge < -0.3 is 0 Å². The van der Waals surface area contributed by atoms with E-state index < -0.39 is 19.8 Å². The molecule has 0 aromatic heterocycles. The Labute approximate surface area is 174 Å². The Hall–Kier alpha value is -1.73. The van der Waals surface area contributed by atoms with Crippen molar-refractivity contribution >= 4 is 32.9 Å². The summed E-state index contributed by atoms with van der Waals surface area (Å²) in [6.07, 6.45) is 0. The van der Waals surface area contributed by atoms with Gasteiger partial charge in [-0.2, -0.15) is 18.2 Å². The van der Waals surface area contributed by atoms with Crippen LogP contribution < -0.4 is 3.58 Å². The molecule has 0 heterocycles. The zero-order valence-electron chi connectivity index (χ0n) is 15.6. The van der Waals surface area contributed by atoms with Crippen molar-refractivity contribution in [2.45, 2.75) is 22.2 Å². The van der Waals surface area contributed by atoms with E-state index in [1.165, 1.54) is 19.6 Å². The molecule has 1 unspecified atom stereocenters. The molecular weight excluding hydrogens is 483 g/mol. The summed E-state index contributed by atoms with van der Waals surface area (Å²) in [5.74, 6) is 0.704. The first kappa shape index (κ1) is 23.3. The van der Waals surface area contributed by atoms with Crippen LogP contribution in [-0.4, -0.2) is 29.3 Å². The Morgan fingerprint density at radius 1 is 0.889 bits per heavy atom. The molecule has 2 nitrogen and oxygen atoms in total. The predicted molar refractivity (Wildman–Crippen MR) is 111 cm³/mol. The molecule has 0 bridgehead atoms. The van der Waals surface area contributed by atoms with Crippen molar-refractivity contribution in [2.24, 2.45) is 0 Å². The predicted octanol–water partition coefficient (Wildman–Crippen LogP) is 4.43. The third kappa shape index (κ3) is 10.9. The number of carbonyl (C=O) groups excluding carboxylic acids is 2. The topological polar surface area (TPSA) is 34.1 Å². The fourth-order valence-electron chi connectivity index (χ4n) is 2.53. The van der Waals surface area contributed by atoms with Crippen molar-refractivity contribution < 1.29 is 23.7 Å². The maximum atomic E-state index is 9.02. The van der Waals surface area contributed by atoms with Gasteiger partial charge in [-0.05, 0) is 0 Å². The molecule has 0 saturated heterocycles. The Morgan fingerprint density at radius 2 is 1.41 bits per heavy atom. The minimum atomic E-state index is -1.37. The van der Waals surface area contributed by atoms with Crippen LogP contribution in [0.5, 0.6) is 0 Å². The average Bonchev–Trinajstić information content (AvgIpc) is 3.30. The van der Waals surface area contributed by atoms with E-state index >= 15 is 0 Å². The summed E-state index contributed by atoms with van der Waals surface area (Å²) in [6, 6.07) is 32.0. The van der Waals surface area contributed by atoms with Crippen molar-refractivity contribution in [1.82, 2.24) is 0 Å². The Morgan fingerprint density at radius 3 is 1.81 bits per heavy atom. The third-order valence-electron chi connectivity index (χ3n) is 3.88. The van der Waals surface area contributed by atoms with Crippen LogP contribution in [0.4, 0.5) is 0 Å². The maximum absolute atomic E-state index is 9.02. The number of hydrogen-bond acceptors (Lipinski definition) is 2. The average molecular weight is 507 g/mol. The molecule has 0 aliphatic heterocycles. The zero-order valence-corrected chi connectivity index (χ0v) is 19.6. The molecule has 3 aromatic rings. The summed E-state index contributed by atoms with van der Waals surface area (Å²) in [5, 5.41) is 0. The fourth-order valence-corrected chi connectivity index (χ4v) is 8.72. The summed E-state index contributed by atoms with van der Waals surface area (Å²) in [4.78, 5) is 23.2. The van der Waals surface area contributed by atoms with E-state index in [1.807, 2.05) is 30.3 Å². The van der Waals surface area contributed by atoms with Crippen molar-refractivity contribution in [3.8, 4) is 0 Å². The quantitative estimate of drug-likeness (QED) is 0.387. The number of benzene rings is 2. The molecule has 4 heteroatoms. The molecule has 0 aliphatic rings. The van der Waals surface area contributed by atoms with Crippen LogP contribution in [0.1, 0.15) is 18.4 Å². The van der Waals surface area contributed by atoms with Crippen LogP contribution in [0.3, 0.4) is 0 Å². The number of hydrogen-bond donors (Lipinski definition) is 0. The summed E-state index contributed by atoms with van der Waals surface area (Å²) >= 11 is -1.59. The summed E-state index contributed by atoms with van der Waals surface area (Å²) in [6.45, 7) is 2.36.